The molecule has 1 aromatic carbocycles. The van der Waals surface area contributed by atoms with Crippen molar-refractivity contribution in [2.45, 2.75) is 43.9 Å². The summed E-state index contributed by atoms with van der Waals surface area (Å²) in [6.45, 7) is 4.32. The summed E-state index contributed by atoms with van der Waals surface area (Å²) < 4.78 is 5.89. The second-order valence-corrected chi connectivity index (χ2v) is 6.87. The maximum Gasteiger partial charge on any atom is 0.0703 e. The molecule has 0 radical (unpaired) electrons. The number of hydrogen-bond acceptors (Lipinski definition) is 3. The fourth-order valence-corrected chi connectivity index (χ4v) is 3.91. The summed E-state index contributed by atoms with van der Waals surface area (Å²) in [6.07, 6.45) is 5.76. The van der Waals surface area contributed by atoms with Gasteiger partial charge in [0.1, 0.15) is 0 Å². The lowest BCUT2D eigenvalue weighted by Crippen LogP contribution is -2.54. The van der Waals surface area contributed by atoms with Crippen LogP contribution >= 0.6 is 0 Å². The molecule has 0 amide bonds. The molecule has 0 bridgehead atoms. The molecule has 2 heterocycles. The van der Waals surface area contributed by atoms with Gasteiger partial charge in [-0.05, 0) is 37.2 Å². The van der Waals surface area contributed by atoms with E-state index in [9.17, 15) is 0 Å². The molecule has 3 heteroatoms. The Morgan fingerprint density at radius 1 is 1.14 bits per heavy atom. The van der Waals surface area contributed by atoms with Crippen molar-refractivity contribution in [1.82, 2.24) is 10.2 Å². The van der Waals surface area contributed by atoms with Crippen molar-refractivity contribution in [2.24, 2.45) is 5.92 Å². The van der Waals surface area contributed by atoms with E-state index in [1.54, 1.807) is 0 Å². The van der Waals surface area contributed by atoms with Gasteiger partial charge in [-0.1, -0.05) is 30.3 Å². The number of ether oxygens (including phenoxy) is 1. The lowest BCUT2D eigenvalue weighted by atomic mass is 9.98. The zero-order valence-electron chi connectivity index (χ0n) is 12.7. The predicted octanol–water partition coefficient (Wildman–Crippen LogP) is 2.59. The van der Waals surface area contributed by atoms with Gasteiger partial charge in [0.15, 0.2) is 0 Å². The van der Waals surface area contributed by atoms with Gasteiger partial charge in [0.25, 0.3) is 0 Å². The molecule has 4 rings (SSSR count). The van der Waals surface area contributed by atoms with E-state index < -0.39 is 0 Å². The van der Waals surface area contributed by atoms with Gasteiger partial charge < -0.3 is 10.1 Å². The van der Waals surface area contributed by atoms with Crippen molar-refractivity contribution in [1.29, 1.82) is 0 Å². The van der Waals surface area contributed by atoms with E-state index in [0.29, 0.717) is 18.2 Å². The standard InChI is InChI=1S/C18H26N2O/c1-2-5-15(6-3-1)18-11-19-17(14-8-9-14)13-20(18)12-16-7-4-10-21-16/h1-3,5-6,14,16-19H,4,7-13H2. The van der Waals surface area contributed by atoms with Crippen LogP contribution in [0, 0.1) is 5.92 Å². The van der Waals surface area contributed by atoms with Crippen molar-refractivity contribution in [3.05, 3.63) is 35.9 Å². The van der Waals surface area contributed by atoms with E-state index in [0.717, 1.165) is 25.6 Å². The van der Waals surface area contributed by atoms with Gasteiger partial charge in [0, 0.05) is 38.3 Å². The Bertz CT molecular complexity index is 452. The Balaban J connectivity index is 1.49. The van der Waals surface area contributed by atoms with E-state index >= 15 is 0 Å². The molecule has 0 spiro atoms. The van der Waals surface area contributed by atoms with Crippen LogP contribution in [0.3, 0.4) is 0 Å². The highest BCUT2D eigenvalue weighted by Gasteiger charge is 2.38. The maximum absolute atomic E-state index is 5.89. The minimum absolute atomic E-state index is 0.453. The second kappa shape index (κ2) is 6.07. The van der Waals surface area contributed by atoms with E-state index in [1.807, 2.05) is 0 Å². The zero-order valence-corrected chi connectivity index (χ0v) is 12.7. The molecule has 3 aliphatic rings. The van der Waals surface area contributed by atoms with Gasteiger partial charge in [-0.25, -0.2) is 0 Å². The summed E-state index contributed by atoms with van der Waals surface area (Å²) >= 11 is 0. The summed E-state index contributed by atoms with van der Waals surface area (Å²) in [7, 11) is 0. The molecule has 3 unspecified atom stereocenters. The molecule has 2 aliphatic heterocycles. The van der Waals surface area contributed by atoms with Crippen molar-refractivity contribution in [2.75, 3.05) is 26.2 Å². The van der Waals surface area contributed by atoms with Gasteiger partial charge >= 0.3 is 0 Å². The molecular formula is C18H26N2O. The van der Waals surface area contributed by atoms with Crippen LogP contribution in [-0.2, 0) is 4.74 Å². The van der Waals surface area contributed by atoms with Crippen molar-refractivity contribution in [3.63, 3.8) is 0 Å². The Labute approximate surface area is 127 Å². The predicted molar refractivity (Wildman–Crippen MR) is 84.2 cm³/mol. The highest BCUT2D eigenvalue weighted by atomic mass is 16.5. The summed E-state index contributed by atoms with van der Waals surface area (Å²) in [4.78, 5) is 2.69. The van der Waals surface area contributed by atoms with Gasteiger partial charge in [0.2, 0.25) is 0 Å². The van der Waals surface area contributed by atoms with Gasteiger partial charge in [-0.3, -0.25) is 4.90 Å². The topological polar surface area (TPSA) is 24.5 Å². The largest absolute Gasteiger partial charge is 0.377 e. The van der Waals surface area contributed by atoms with E-state index in [1.165, 1.54) is 37.8 Å². The average molecular weight is 286 g/mol. The molecule has 2 saturated heterocycles. The highest BCUT2D eigenvalue weighted by molar-refractivity contribution is 5.20. The van der Waals surface area contributed by atoms with Crippen LogP contribution in [0.1, 0.15) is 37.3 Å². The Morgan fingerprint density at radius 3 is 2.71 bits per heavy atom. The first-order valence-electron chi connectivity index (χ1n) is 8.54. The number of rotatable bonds is 4. The molecule has 1 saturated carbocycles. The summed E-state index contributed by atoms with van der Waals surface area (Å²) in [5.41, 5.74) is 1.44. The van der Waals surface area contributed by atoms with Gasteiger partial charge in [-0.15, -0.1) is 0 Å². The minimum atomic E-state index is 0.453. The minimum Gasteiger partial charge on any atom is -0.377 e. The van der Waals surface area contributed by atoms with Crippen LogP contribution < -0.4 is 5.32 Å². The zero-order chi connectivity index (χ0) is 14.1. The third-order valence-electron chi connectivity index (χ3n) is 5.28. The molecule has 3 nitrogen and oxygen atoms in total. The molecular weight excluding hydrogens is 260 g/mol. The number of benzene rings is 1. The number of piperazine rings is 1. The highest BCUT2D eigenvalue weighted by Crippen LogP contribution is 2.36. The number of nitrogens with zero attached hydrogens (tertiary/aromatic N) is 1. The first-order valence-corrected chi connectivity index (χ1v) is 8.54. The van der Waals surface area contributed by atoms with Crippen LogP contribution in [0.2, 0.25) is 0 Å². The van der Waals surface area contributed by atoms with Gasteiger partial charge in [0.05, 0.1) is 6.10 Å². The monoisotopic (exact) mass is 286 g/mol. The Morgan fingerprint density at radius 2 is 2.00 bits per heavy atom. The fraction of sp³-hybridized carbons (Fsp3) is 0.667. The lowest BCUT2D eigenvalue weighted by Gasteiger charge is -2.42. The fourth-order valence-electron chi connectivity index (χ4n) is 3.91. The third kappa shape index (κ3) is 3.15. The van der Waals surface area contributed by atoms with Crippen molar-refractivity contribution >= 4 is 0 Å². The summed E-state index contributed by atoms with van der Waals surface area (Å²) in [5.74, 6) is 0.925. The second-order valence-electron chi connectivity index (χ2n) is 6.87. The SMILES string of the molecule is c1ccc(C2CNC(C3CC3)CN2CC2CCCO2)cc1. The first-order chi connectivity index (χ1) is 10.4. The summed E-state index contributed by atoms with van der Waals surface area (Å²) in [6, 6.07) is 12.2. The van der Waals surface area contributed by atoms with Crippen LogP contribution in [0.5, 0.6) is 0 Å². The van der Waals surface area contributed by atoms with Crippen LogP contribution in [0.4, 0.5) is 0 Å². The molecule has 21 heavy (non-hydrogen) atoms. The first kappa shape index (κ1) is 13.7. The Kier molecular flexibility index (Phi) is 3.97. The molecule has 1 aliphatic carbocycles. The number of nitrogens with one attached hydrogen (secondary N) is 1. The molecule has 1 aromatic rings. The van der Waals surface area contributed by atoms with Crippen molar-refractivity contribution in [3.8, 4) is 0 Å². The lowest BCUT2D eigenvalue weighted by molar-refractivity contribution is 0.0365. The maximum atomic E-state index is 5.89. The summed E-state index contributed by atoms with van der Waals surface area (Å²) in [5, 5.41) is 3.80. The van der Waals surface area contributed by atoms with Crippen LogP contribution in [-0.4, -0.2) is 43.3 Å². The molecule has 3 fully saturated rings. The van der Waals surface area contributed by atoms with Gasteiger partial charge in [-0.2, -0.15) is 0 Å². The van der Waals surface area contributed by atoms with E-state index in [2.05, 4.69) is 40.5 Å². The molecule has 1 N–H and O–H groups in total. The third-order valence-corrected chi connectivity index (χ3v) is 5.28. The molecule has 3 atom stereocenters. The van der Waals surface area contributed by atoms with E-state index in [-0.39, 0.29) is 0 Å². The van der Waals surface area contributed by atoms with E-state index in [4.69, 9.17) is 4.74 Å². The van der Waals surface area contributed by atoms with Crippen LogP contribution in [0.25, 0.3) is 0 Å². The quantitative estimate of drug-likeness (QED) is 0.921. The van der Waals surface area contributed by atoms with Crippen LogP contribution in [0.15, 0.2) is 30.3 Å². The Hall–Kier alpha value is -0.900. The number of hydrogen-bond donors (Lipinski definition) is 1. The molecule has 114 valence electrons. The van der Waals surface area contributed by atoms with Crippen molar-refractivity contribution < 1.29 is 4.74 Å². The normalized spacial score (nSPS) is 34.2. The average Bonchev–Trinajstić information content (AvgIpc) is 3.26. The smallest absolute Gasteiger partial charge is 0.0703 e. The molecule has 0 aromatic heterocycles.